The Morgan fingerprint density at radius 2 is 1.63 bits per heavy atom. The topological polar surface area (TPSA) is 12.0 Å². The maximum Gasteiger partial charge on any atom is 0.160 e. The highest BCUT2D eigenvalue weighted by Crippen LogP contribution is 2.38. The van der Waals surface area contributed by atoms with E-state index < -0.39 is 11.6 Å². The van der Waals surface area contributed by atoms with Crippen LogP contribution in [0.15, 0.2) is 48.5 Å². The molecule has 19 heavy (non-hydrogen) atoms. The molecule has 2 aromatic carbocycles. The van der Waals surface area contributed by atoms with Gasteiger partial charge >= 0.3 is 0 Å². The van der Waals surface area contributed by atoms with Crippen LogP contribution >= 0.6 is 0 Å². The maximum atomic E-state index is 13.1. The van der Waals surface area contributed by atoms with Crippen molar-refractivity contribution >= 4 is 5.69 Å². The third kappa shape index (κ3) is 2.60. The number of nitrogens with one attached hydrogen (secondary N) is 1. The minimum Gasteiger partial charge on any atom is -0.382 e. The van der Waals surface area contributed by atoms with E-state index in [9.17, 15) is 8.78 Å². The molecule has 0 atom stereocenters. The smallest absolute Gasteiger partial charge is 0.160 e. The fourth-order valence-corrected chi connectivity index (χ4v) is 2.55. The van der Waals surface area contributed by atoms with Gasteiger partial charge in [-0.15, -0.1) is 0 Å². The lowest BCUT2D eigenvalue weighted by molar-refractivity contribution is 0.374. The van der Waals surface area contributed by atoms with Gasteiger partial charge in [-0.25, -0.2) is 8.78 Å². The van der Waals surface area contributed by atoms with Gasteiger partial charge in [0.05, 0.1) is 0 Å². The molecule has 0 unspecified atom stereocenters. The summed E-state index contributed by atoms with van der Waals surface area (Å²) in [4.78, 5) is 0. The van der Waals surface area contributed by atoms with Crippen LogP contribution < -0.4 is 5.32 Å². The third-order valence-corrected chi connectivity index (χ3v) is 3.70. The normalized spacial score (nSPS) is 21.8. The SMILES string of the molecule is Fc1ccc(NC2CC(c3ccccc3)C2)cc1F. The van der Waals surface area contributed by atoms with Gasteiger partial charge in [0.25, 0.3) is 0 Å². The van der Waals surface area contributed by atoms with Crippen LogP contribution in [0.2, 0.25) is 0 Å². The average molecular weight is 259 g/mol. The quantitative estimate of drug-likeness (QED) is 0.865. The molecule has 1 aliphatic carbocycles. The molecule has 0 heterocycles. The standard InChI is InChI=1S/C16H15F2N/c17-15-7-6-13(10-16(15)18)19-14-8-12(9-14)11-4-2-1-3-5-11/h1-7,10,12,14,19H,8-9H2. The maximum absolute atomic E-state index is 13.1. The number of hydrogen-bond donors (Lipinski definition) is 1. The van der Waals surface area contributed by atoms with Gasteiger partial charge in [0.1, 0.15) is 0 Å². The van der Waals surface area contributed by atoms with Gasteiger partial charge in [-0.2, -0.15) is 0 Å². The van der Waals surface area contributed by atoms with Crippen LogP contribution in [-0.2, 0) is 0 Å². The highest BCUT2D eigenvalue weighted by Gasteiger charge is 2.30. The summed E-state index contributed by atoms with van der Waals surface area (Å²) >= 11 is 0. The summed E-state index contributed by atoms with van der Waals surface area (Å²) < 4.78 is 25.9. The first-order valence-corrected chi connectivity index (χ1v) is 6.49. The Hall–Kier alpha value is -1.90. The highest BCUT2D eigenvalue weighted by molar-refractivity contribution is 5.45. The Balaban J connectivity index is 1.58. The molecule has 0 spiro atoms. The second-order valence-corrected chi connectivity index (χ2v) is 5.05. The first-order chi connectivity index (χ1) is 9.22. The van der Waals surface area contributed by atoms with E-state index in [0.29, 0.717) is 17.6 Å². The zero-order valence-electron chi connectivity index (χ0n) is 10.4. The van der Waals surface area contributed by atoms with Gasteiger partial charge < -0.3 is 5.32 Å². The van der Waals surface area contributed by atoms with Gasteiger partial charge in [-0.05, 0) is 36.5 Å². The average Bonchev–Trinajstić information content (AvgIpc) is 2.38. The van der Waals surface area contributed by atoms with Gasteiger partial charge in [-0.1, -0.05) is 30.3 Å². The summed E-state index contributed by atoms with van der Waals surface area (Å²) in [6, 6.07) is 14.7. The van der Waals surface area contributed by atoms with Crippen LogP contribution in [0.25, 0.3) is 0 Å². The molecule has 0 aromatic heterocycles. The molecule has 0 bridgehead atoms. The number of hydrogen-bond acceptors (Lipinski definition) is 1. The van der Waals surface area contributed by atoms with E-state index in [1.54, 1.807) is 6.07 Å². The summed E-state index contributed by atoms with van der Waals surface area (Å²) in [5.74, 6) is -1.03. The van der Waals surface area contributed by atoms with Gasteiger partial charge in [0.15, 0.2) is 11.6 Å². The molecule has 2 aromatic rings. The molecule has 0 aliphatic heterocycles. The van der Waals surface area contributed by atoms with Crippen LogP contribution in [0.3, 0.4) is 0 Å². The lowest BCUT2D eigenvalue weighted by Gasteiger charge is -2.37. The van der Waals surface area contributed by atoms with E-state index in [1.165, 1.54) is 11.6 Å². The van der Waals surface area contributed by atoms with Gasteiger partial charge in [0.2, 0.25) is 0 Å². The van der Waals surface area contributed by atoms with E-state index in [4.69, 9.17) is 0 Å². The van der Waals surface area contributed by atoms with Crippen molar-refractivity contribution in [3.63, 3.8) is 0 Å². The van der Waals surface area contributed by atoms with E-state index in [-0.39, 0.29) is 0 Å². The molecule has 1 fully saturated rings. The second kappa shape index (κ2) is 5.00. The third-order valence-electron chi connectivity index (χ3n) is 3.70. The zero-order valence-corrected chi connectivity index (χ0v) is 10.4. The number of anilines is 1. The molecule has 1 N–H and O–H groups in total. The number of rotatable bonds is 3. The minimum absolute atomic E-state index is 0.343. The van der Waals surface area contributed by atoms with Crippen LogP contribution in [0.1, 0.15) is 24.3 Å². The fraction of sp³-hybridized carbons (Fsp3) is 0.250. The molecule has 98 valence electrons. The van der Waals surface area contributed by atoms with Crippen molar-refractivity contribution in [3.05, 3.63) is 65.7 Å². The molecule has 0 radical (unpaired) electrons. The molecule has 1 aliphatic rings. The summed E-state index contributed by atoms with van der Waals surface area (Å²) in [6.07, 6.45) is 2.06. The molecule has 3 rings (SSSR count). The predicted molar refractivity (Wildman–Crippen MR) is 72.2 cm³/mol. The summed E-state index contributed by atoms with van der Waals surface area (Å²) in [5.41, 5.74) is 2.00. The van der Waals surface area contributed by atoms with Crippen LogP contribution in [0, 0.1) is 11.6 Å². The van der Waals surface area contributed by atoms with Crippen molar-refractivity contribution in [2.24, 2.45) is 0 Å². The Morgan fingerprint density at radius 3 is 2.32 bits per heavy atom. The largest absolute Gasteiger partial charge is 0.382 e. The molecule has 0 saturated heterocycles. The van der Waals surface area contributed by atoms with Crippen molar-refractivity contribution in [2.75, 3.05) is 5.32 Å². The molecule has 1 nitrogen and oxygen atoms in total. The molecular weight excluding hydrogens is 244 g/mol. The Bertz CT molecular complexity index is 562. The van der Waals surface area contributed by atoms with Crippen molar-refractivity contribution in [2.45, 2.75) is 24.8 Å². The van der Waals surface area contributed by atoms with E-state index >= 15 is 0 Å². The zero-order chi connectivity index (χ0) is 13.2. The Morgan fingerprint density at radius 1 is 0.895 bits per heavy atom. The van der Waals surface area contributed by atoms with Gasteiger partial charge in [-0.3, -0.25) is 0 Å². The fourth-order valence-electron chi connectivity index (χ4n) is 2.55. The van der Waals surface area contributed by atoms with E-state index in [0.717, 1.165) is 18.9 Å². The lowest BCUT2D eigenvalue weighted by atomic mass is 9.76. The molecular formula is C16H15F2N. The predicted octanol–water partition coefficient (Wildman–Crippen LogP) is 4.32. The van der Waals surface area contributed by atoms with E-state index in [1.807, 2.05) is 18.2 Å². The van der Waals surface area contributed by atoms with Crippen molar-refractivity contribution in [1.29, 1.82) is 0 Å². The Kier molecular flexibility index (Phi) is 3.20. The van der Waals surface area contributed by atoms with E-state index in [2.05, 4.69) is 17.4 Å². The second-order valence-electron chi connectivity index (χ2n) is 5.05. The van der Waals surface area contributed by atoms with Crippen molar-refractivity contribution in [3.8, 4) is 0 Å². The van der Waals surface area contributed by atoms with Gasteiger partial charge in [0, 0.05) is 17.8 Å². The van der Waals surface area contributed by atoms with Crippen molar-refractivity contribution < 1.29 is 8.78 Å². The first-order valence-electron chi connectivity index (χ1n) is 6.49. The molecule has 0 amide bonds. The number of benzene rings is 2. The van der Waals surface area contributed by atoms with Crippen LogP contribution in [0.4, 0.5) is 14.5 Å². The van der Waals surface area contributed by atoms with Crippen molar-refractivity contribution in [1.82, 2.24) is 0 Å². The summed E-state index contributed by atoms with van der Waals surface area (Å²) in [6.45, 7) is 0. The first kappa shape index (κ1) is 12.2. The minimum atomic E-state index is -0.804. The monoisotopic (exact) mass is 259 g/mol. The summed E-state index contributed by atoms with van der Waals surface area (Å²) in [7, 11) is 0. The summed E-state index contributed by atoms with van der Waals surface area (Å²) in [5, 5.41) is 3.24. The van der Waals surface area contributed by atoms with Crippen LogP contribution in [0.5, 0.6) is 0 Å². The lowest BCUT2D eigenvalue weighted by Crippen LogP contribution is -2.34. The molecule has 1 saturated carbocycles. The molecule has 3 heteroatoms. The Labute approximate surface area is 111 Å². The highest BCUT2D eigenvalue weighted by atomic mass is 19.2. The number of halogens is 2. The van der Waals surface area contributed by atoms with Crippen LogP contribution in [-0.4, -0.2) is 6.04 Å².